The molecule has 2 unspecified atom stereocenters. The Morgan fingerprint density at radius 1 is 0.811 bits per heavy atom. The highest BCUT2D eigenvalue weighted by Gasteiger charge is 2.79. The van der Waals surface area contributed by atoms with Crippen LogP contribution in [-0.4, -0.2) is 134 Å². The van der Waals surface area contributed by atoms with E-state index in [2.05, 4.69) is 5.32 Å². The maximum Gasteiger partial charge on any atom is 0.408 e. The zero-order chi connectivity index (χ0) is 54.7. The van der Waals surface area contributed by atoms with Gasteiger partial charge in [-0.25, -0.2) is 14.4 Å². The molecule has 2 bridgehead atoms. The Balaban J connectivity index is 1.59. The predicted octanol–water partition coefficient (Wildman–Crippen LogP) is 4.87. The second kappa shape index (κ2) is 22.0. The molecule has 1 amide bonds. The molecule has 0 aromatic heterocycles. The number of aliphatic carboxylic acids is 2. The molecule has 0 radical (unpaired) electrons. The smallest absolute Gasteiger partial charge is 0.408 e. The zero-order valence-electron chi connectivity index (χ0n) is 42.6. The highest BCUT2D eigenvalue weighted by molar-refractivity contribution is 5.96. The van der Waals surface area contributed by atoms with Gasteiger partial charge in [-0.1, -0.05) is 62.4 Å². The molecule has 21 heteroatoms. The van der Waals surface area contributed by atoms with Crippen LogP contribution in [0.3, 0.4) is 0 Å². The largest absolute Gasteiger partial charge is 0.481 e. The predicted molar refractivity (Wildman–Crippen MR) is 254 cm³/mol. The summed E-state index contributed by atoms with van der Waals surface area (Å²) in [5, 5.41) is 47.1. The standard InChI is InChI=1S/C53H65NO20/c1-28-32(69-47(65)41(62)40(30-17-11-9-12-18-30)54-48(66)74-49(3,4)5)26-53(67)45(72-46(64)31-19-13-10-14-20-31)43-51(8,44(63)42(39(28)50(53,6)7)71-38(61)24-16-22-36(58)59)33(70-37(60)23-15-21-35(56)57)25-34-52(43,27-68-34)73-29(2)55/h9-14,17-20,32-34,40-43,45,62,67H,15-16,21-27H2,1-8H3,(H,54,66)(H,56,57)(H,58,59)/t32?,33?,34-,40+,41-,42-,43+,45+,51-,52+,53-/m1/s1. The maximum absolute atomic E-state index is 16.3. The van der Waals surface area contributed by atoms with Crippen LogP contribution in [0.2, 0.25) is 0 Å². The van der Waals surface area contributed by atoms with E-state index >= 15 is 4.79 Å². The molecule has 74 heavy (non-hydrogen) atoms. The number of esters is 5. The second-order valence-electron chi connectivity index (χ2n) is 21.0. The first-order chi connectivity index (χ1) is 34.6. The Morgan fingerprint density at radius 3 is 1.91 bits per heavy atom. The molecule has 11 atom stereocenters. The van der Waals surface area contributed by atoms with Crippen LogP contribution in [0.1, 0.15) is 129 Å². The lowest BCUT2D eigenvalue weighted by Gasteiger charge is -2.67. The average Bonchev–Trinajstić information content (AvgIpc) is 3.30. The monoisotopic (exact) mass is 1040 g/mol. The SMILES string of the molecule is CC(=O)O[C@@]12CO[C@@H]1CC(OC(=O)CCCC(=O)O)[C@@]1(C)C(=O)[C@H](OC(=O)CCCC(=O)O)C3=C(C)C(OC(=O)[C@H](O)[C@@H](NC(=O)OC(C)(C)C)c4ccccc4)C[C@@](O)([C@@H](OC(=O)c4ccccc4)[C@H]21)C3(C)C. The summed E-state index contributed by atoms with van der Waals surface area (Å²) in [6, 6.07) is 14.0. The summed E-state index contributed by atoms with van der Waals surface area (Å²) in [6.45, 7) is 11.1. The first-order valence-electron chi connectivity index (χ1n) is 24.4. The molecule has 1 saturated heterocycles. The minimum Gasteiger partial charge on any atom is -0.481 e. The number of fused-ring (bicyclic) bond motifs is 5. The van der Waals surface area contributed by atoms with Gasteiger partial charge in [-0.2, -0.15) is 0 Å². The summed E-state index contributed by atoms with van der Waals surface area (Å²) in [5.41, 5.74) is -9.69. The van der Waals surface area contributed by atoms with Crippen LogP contribution in [-0.2, 0) is 66.7 Å². The molecule has 6 rings (SSSR count). The number of ether oxygens (including phenoxy) is 7. The van der Waals surface area contributed by atoms with E-state index in [1.807, 2.05) is 0 Å². The van der Waals surface area contributed by atoms with Gasteiger partial charge in [0.2, 0.25) is 0 Å². The van der Waals surface area contributed by atoms with Crippen LogP contribution in [0, 0.1) is 16.7 Å². The van der Waals surface area contributed by atoms with Gasteiger partial charge in [0, 0.05) is 50.9 Å². The molecule has 0 spiro atoms. The fourth-order valence-corrected chi connectivity index (χ4v) is 11.0. The quantitative estimate of drug-likeness (QED) is 0.0755. The minimum atomic E-state index is -2.60. The molecule has 1 heterocycles. The van der Waals surface area contributed by atoms with E-state index in [-0.39, 0.29) is 41.5 Å². The van der Waals surface area contributed by atoms with Crippen molar-refractivity contribution < 1.29 is 96.7 Å². The van der Waals surface area contributed by atoms with Gasteiger partial charge in [0.05, 0.1) is 29.5 Å². The van der Waals surface area contributed by atoms with E-state index in [0.29, 0.717) is 0 Å². The molecule has 3 fully saturated rings. The number of aliphatic hydroxyl groups is 2. The van der Waals surface area contributed by atoms with Crippen molar-refractivity contribution in [2.24, 2.45) is 16.7 Å². The number of nitrogens with one attached hydrogen (secondary N) is 1. The van der Waals surface area contributed by atoms with Gasteiger partial charge in [-0.05, 0) is 76.3 Å². The van der Waals surface area contributed by atoms with Crippen molar-refractivity contribution in [2.75, 3.05) is 6.61 Å². The van der Waals surface area contributed by atoms with Crippen molar-refractivity contribution in [3.05, 3.63) is 82.9 Å². The highest BCUT2D eigenvalue weighted by atomic mass is 16.6. The number of hydrogen-bond acceptors (Lipinski definition) is 18. The lowest BCUT2D eigenvalue weighted by molar-refractivity contribution is -0.346. The molecule has 3 aliphatic carbocycles. The van der Waals surface area contributed by atoms with Gasteiger partial charge in [-0.15, -0.1) is 0 Å². The van der Waals surface area contributed by atoms with E-state index in [9.17, 15) is 58.8 Å². The van der Waals surface area contributed by atoms with Crippen LogP contribution in [0.25, 0.3) is 0 Å². The lowest BCUT2D eigenvalue weighted by atomic mass is 9.44. The van der Waals surface area contributed by atoms with E-state index in [4.69, 9.17) is 33.2 Å². The summed E-state index contributed by atoms with van der Waals surface area (Å²) in [4.78, 5) is 123. The average molecular weight is 1040 g/mol. The van der Waals surface area contributed by atoms with Gasteiger partial charge in [0.1, 0.15) is 35.6 Å². The van der Waals surface area contributed by atoms with Crippen molar-refractivity contribution in [3.63, 3.8) is 0 Å². The maximum atomic E-state index is 16.3. The number of aliphatic hydroxyl groups excluding tert-OH is 1. The number of carbonyl (C=O) groups excluding carboxylic acids is 7. The normalized spacial score (nSPS) is 28.6. The van der Waals surface area contributed by atoms with E-state index in [1.165, 1.54) is 52.0 Å². The lowest BCUT2D eigenvalue weighted by Crippen LogP contribution is -2.82. The number of ketones is 1. The summed E-state index contributed by atoms with van der Waals surface area (Å²) < 4.78 is 42.5. The van der Waals surface area contributed by atoms with Crippen LogP contribution in [0.5, 0.6) is 0 Å². The number of amides is 1. The van der Waals surface area contributed by atoms with Crippen LogP contribution < -0.4 is 5.32 Å². The Labute approximate surface area is 427 Å². The fraction of sp³-hybridized carbons (Fsp3) is 0.566. The Bertz CT molecular complexity index is 2540. The number of carboxylic acids is 2. The molecule has 2 aromatic carbocycles. The number of carboxylic acid groups (broad SMARTS) is 2. The first kappa shape index (κ1) is 56.6. The summed E-state index contributed by atoms with van der Waals surface area (Å²) in [6.07, 6.45) is -15.1. The van der Waals surface area contributed by atoms with Crippen LogP contribution in [0.15, 0.2) is 71.8 Å². The molecule has 5 N–H and O–H groups in total. The number of hydrogen-bond donors (Lipinski definition) is 5. The molecule has 4 aliphatic rings. The minimum absolute atomic E-state index is 0.0148. The molecule has 402 valence electrons. The summed E-state index contributed by atoms with van der Waals surface area (Å²) in [5.74, 6) is -10.6. The number of Topliss-reactive ketones (excluding diaryl/α,β-unsaturated/α-hetero) is 1. The Hall–Kier alpha value is -6.71. The molecular weight excluding hydrogens is 971 g/mol. The topological polar surface area (TPSA) is 311 Å². The second-order valence-corrected chi connectivity index (χ2v) is 21.0. The molecule has 1 aliphatic heterocycles. The fourth-order valence-electron chi connectivity index (χ4n) is 11.0. The Morgan fingerprint density at radius 2 is 1.38 bits per heavy atom. The third-order valence-corrected chi connectivity index (χ3v) is 14.6. The van der Waals surface area contributed by atoms with E-state index in [0.717, 1.165) is 6.92 Å². The Kier molecular flexibility index (Phi) is 16.8. The van der Waals surface area contributed by atoms with Gasteiger partial charge < -0.3 is 58.9 Å². The third-order valence-electron chi connectivity index (χ3n) is 14.6. The van der Waals surface area contributed by atoms with Gasteiger partial charge in [0.15, 0.2) is 23.6 Å². The van der Waals surface area contributed by atoms with Crippen molar-refractivity contribution in [3.8, 4) is 0 Å². The molecule has 21 nitrogen and oxygen atoms in total. The number of alkyl carbamates (subject to hydrolysis) is 1. The van der Waals surface area contributed by atoms with Crippen molar-refractivity contribution in [2.45, 2.75) is 166 Å². The van der Waals surface area contributed by atoms with Crippen molar-refractivity contribution in [1.82, 2.24) is 5.32 Å². The summed E-state index contributed by atoms with van der Waals surface area (Å²) in [7, 11) is 0. The molecule has 2 saturated carbocycles. The van der Waals surface area contributed by atoms with Gasteiger partial charge in [0.25, 0.3) is 0 Å². The number of rotatable bonds is 18. The van der Waals surface area contributed by atoms with Crippen molar-refractivity contribution >= 4 is 53.7 Å². The molecular formula is C53H65NO20. The van der Waals surface area contributed by atoms with E-state index < -0.39 is 169 Å². The van der Waals surface area contributed by atoms with E-state index in [1.54, 1.807) is 57.2 Å². The number of benzene rings is 2. The zero-order valence-corrected chi connectivity index (χ0v) is 42.6. The third kappa shape index (κ3) is 11.5. The van der Waals surface area contributed by atoms with Crippen molar-refractivity contribution in [1.29, 1.82) is 0 Å². The van der Waals surface area contributed by atoms with Gasteiger partial charge in [-0.3, -0.25) is 28.8 Å². The number of carbonyl (C=O) groups is 9. The van der Waals surface area contributed by atoms with Crippen LogP contribution in [0.4, 0.5) is 4.79 Å². The first-order valence-corrected chi connectivity index (χ1v) is 24.4. The summed E-state index contributed by atoms with van der Waals surface area (Å²) >= 11 is 0. The molecule has 2 aromatic rings. The van der Waals surface area contributed by atoms with Gasteiger partial charge >= 0.3 is 47.9 Å². The van der Waals surface area contributed by atoms with Crippen LogP contribution >= 0.6 is 0 Å². The highest BCUT2D eigenvalue weighted by Crippen LogP contribution is 2.65.